The van der Waals surface area contributed by atoms with Crippen LogP contribution in [-0.2, 0) is 14.6 Å². The molecule has 0 bridgehead atoms. The van der Waals surface area contributed by atoms with Crippen LogP contribution >= 0.6 is 0 Å². The molecule has 0 aromatic rings. The van der Waals surface area contributed by atoms with Gasteiger partial charge in [-0.2, -0.15) is 0 Å². The molecule has 16 heavy (non-hydrogen) atoms. The number of hydrogen-bond donors (Lipinski definition) is 2. The van der Waals surface area contributed by atoms with Gasteiger partial charge in [0.05, 0.1) is 11.5 Å². The fourth-order valence-corrected chi connectivity index (χ4v) is 3.33. The molecule has 1 atom stereocenters. The standard InChI is InChI=1S/C10H20N2O3S/c1-8(2)10(13)12-5-4-11-9-3-6-16(14,15)7-9/h8-9,11H,3-7H2,1-2H3,(H,12,13). The fraction of sp³-hybridized carbons (Fsp3) is 0.900. The fourth-order valence-electron chi connectivity index (χ4n) is 1.62. The van der Waals surface area contributed by atoms with E-state index in [1.807, 2.05) is 13.8 Å². The van der Waals surface area contributed by atoms with Crippen molar-refractivity contribution in [3.63, 3.8) is 0 Å². The number of carbonyl (C=O) groups excluding carboxylic acids is 1. The van der Waals surface area contributed by atoms with Gasteiger partial charge in [0.1, 0.15) is 0 Å². The van der Waals surface area contributed by atoms with Crippen molar-refractivity contribution < 1.29 is 13.2 Å². The van der Waals surface area contributed by atoms with Crippen LogP contribution in [0.25, 0.3) is 0 Å². The number of rotatable bonds is 5. The van der Waals surface area contributed by atoms with Gasteiger partial charge in [0.15, 0.2) is 9.84 Å². The van der Waals surface area contributed by atoms with Crippen LogP contribution in [0.1, 0.15) is 20.3 Å². The van der Waals surface area contributed by atoms with E-state index in [-0.39, 0.29) is 29.4 Å². The minimum atomic E-state index is -2.81. The summed E-state index contributed by atoms with van der Waals surface area (Å²) in [6, 6.07) is 0.0564. The minimum absolute atomic E-state index is 0.00754. The first-order valence-electron chi connectivity index (χ1n) is 5.62. The molecule has 1 amide bonds. The zero-order valence-electron chi connectivity index (χ0n) is 9.82. The molecule has 1 rings (SSSR count). The third-order valence-corrected chi connectivity index (χ3v) is 4.38. The summed E-state index contributed by atoms with van der Waals surface area (Å²) in [6.45, 7) is 4.85. The van der Waals surface area contributed by atoms with Crippen LogP contribution in [0.3, 0.4) is 0 Å². The highest BCUT2D eigenvalue weighted by Crippen LogP contribution is 2.10. The molecule has 1 aliphatic rings. The van der Waals surface area contributed by atoms with Gasteiger partial charge in [-0.25, -0.2) is 8.42 Å². The summed E-state index contributed by atoms with van der Waals surface area (Å²) in [5.74, 6) is 0.529. The Bertz CT molecular complexity index is 338. The van der Waals surface area contributed by atoms with Gasteiger partial charge in [-0.15, -0.1) is 0 Å². The second-order valence-electron chi connectivity index (χ2n) is 4.50. The number of amides is 1. The highest BCUT2D eigenvalue weighted by atomic mass is 32.2. The van der Waals surface area contributed by atoms with E-state index >= 15 is 0 Å². The van der Waals surface area contributed by atoms with Crippen LogP contribution in [-0.4, -0.2) is 45.0 Å². The maximum atomic E-state index is 11.2. The smallest absolute Gasteiger partial charge is 0.222 e. The van der Waals surface area contributed by atoms with Crippen molar-refractivity contribution in [2.24, 2.45) is 5.92 Å². The van der Waals surface area contributed by atoms with E-state index in [9.17, 15) is 13.2 Å². The van der Waals surface area contributed by atoms with E-state index < -0.39 is 9.84 Å². The van der Waals surface area contributed by atoms with Gasteiger partial charge < -0.3 is 10.6 Å². The topological polar surface area (TPSA) is 75.3 Å². The largest absolute Gasteiger partial charge is 0.355 e. The second kappa shape index (κ2) is 5.63. The van der Waals surface area contributed by atoms with Crippen molar-refractivity contribution in [3.05, 3.63) is 0 Å². The van der Waals surface area contributed by atoms with Crippen molar-refractivity contribution in [2.45, 2.75) is 26.3 Å². The van der Waals surface area contributed by atoms with E-state index in [2.05, 4.69) is 10.6 Å². The van der Waals surface area contributed by atoms with Gasteiger partial charge in [-0.3, -0.25) is 4.79 Å². The molecule has 6 heteroatoms. The average molecular weight is 248 g/mol. The molecule has 0 spiro atoms. The van der Waals surface area contributed by atoms with E-state index in [0.717, 1.165) is 0 Å². The Hall–Kier alpha value is -0.620. The summed E-state index contributed by atoms with van der Waals surface area (Å²) in [4.78, 5) is 11.2. The first kappa shape index (κ1) is 13.4. The predicted octanol–water partition coefficient (Wildman–Crippen LogP) is -0.465. The van der Waals surface area contributed by atoms with E-state index in [1.54, 1.807) is 0 Å². The third-order valence-electron chi connectivity index (χ3n) is 2.61. The van der Waals surface area contributed by atoms with Crippen LogP contribution < -0.4 is 10.6 Å². The Labute approximate surface area is 96.9 Å². The van der Waals surface area contributed by atoms with Crippen molar-refractivity contribution in [1.82, 2.24) is 10.6 Å². The zero-order chi connectivity index (χ0) is 12.2. The molecule has 1 heterocycles. The molecule has 1 saturated heterocycles. The quantitative estimate of drug-likeness (QED) is 0.645. The molecular formula is C10H20N2O3S. The van der Waals surface area contributed by atoms with Crippen LogP contribution in [0.5, 0.6) is 0 Å². The van der Waals surface area contributed by atoms with E-state index in [1.165, 1.54) is 0 Å². The lowest BCUT2D eigenvalue weighted by molar-refractivity contribution is -0.123. The maximum Gasteiger partial charge on any atom is 0.222 e. The molecule has 0 aromatic carbocycles. The van der Waals surface area contributed by atoms with Gasteiger partial charge in [0, 0.05) is 25.0 Å². The summed E-state index contributed by atoms with van der Waals surface area (Å²) in [6.07, 6.45) is 0.681. The number of nitrogens with one attached hydrogen (secondary N) is 2. The molecule has 94 valence electrons. The van der Waals surface area contributed by atoms with Gasteiger partial charge in [0.25, 0.3) is 0 Å². The van der Waals surface area contributed by atoms with Crippen molar-refractivity contribution >= 4 is 15.7 Å². The molecule has 0 saturated carbocycles. The van der Waals surface area contributed by atoms with Crippen LogP contribution in [0.15, 0.2) is 0 Å². The summed E-state index contributed by atoms with van der Waals surface area (Å²) in [5, 5.41) is 5.91. The molecule has 1 aliphatic heterocycles. The Morgan fingerprint density at radius 3 is 2.56 bits per heavy atom. The lowest BCUT2D eigenvalue weighted by atomic mass is 10.2. The molecule has 2 N–H and O–H groups in total. The SMILES string of the molecule is CC(C)C(=O)NCCNC1CCS(=O)(=O)C1. The molecule has 5 nitrogen and oxygen atoms in total. The first-order chi connectivity index (χ1) is 7.41. The summed E-state index contributed by atoms with van der Waals surface area (Å²) >= 11 is 0. The predicted molar refractivity (Wildman–Crippen MR) is 62.9 cm³/mol. The van der Waals surface area contributed by atoms with E-state index in [0.29, 0.717) is 19.5 Å². The Morgan fingerprint density at radius 2 is 2.06 bits per heavy atom. The molecule has 0 aromatic heterocycles. The van der Waals surface area contributed by atoms with Crippen LogP contribution in [0.2, 0.25) is 0 Å². The van der Waals surface area contributed by atoms with Crippen molar-refractivity contribution in [3.8, 4) is 0 Å². The normalized spacial score (nSPS) is 23.6. The van der Waals surface area contributed by atoms with Crippen molar-refractivity contribution in [2.75, 3.05) is 24.6 Å². The molecule has 1 unspecified atom stereocenters. The molecule has 0 radical (unpaired) electrons. The lowest BCUT2D eigenvalue weighted by Gasteiger charge is -2.12. The summed E-state index contributed by atoms with van der Waals surface area (Å²) in [5.41, 5.74) is 0. The van der Waals surface area contributed by atoms with Gasteiger partial charge in [0.2, 0.25) is 5.91 Å². The molecule has 0 aliphatic carbocycles. The molecule has 1 fully saturated rings. The summed E-state index contributed by atoms with van der Waals surface area (Å²) < 4.78 is 22.3. The maximum absolute atomic E-state index is 11.2. The van der Waals surface area contributed by atoms with Gasteiger partial charge >= 0.3 is 0 Å². The van der Waals surface area contributed by atoms with Gasteiger partial charge in [-0.05, 0) is 6.42 Å². The Morgan fingerprint density at radius 1 is 1.38 bits per heavy atom. The highest BCUT2D eigenvalue weighted by Gasteiger charge is 2.26. The lowest BCUT2D eigenvalue weighted by Crippen LogP contribution is -2.38. The Balaban J connectivity index is 2.11. The zero-order valence-corrected chi connectivity index (χ0v) is 10.6. The summed E-state index contributed by atoms with van der Waals surface area (Å²) in [7, 11) is -2.81. The molecular weight excluding hydrogens is 228 g/mol. The Kier molecular flexibility index (Phi) is 4.73. The minimum Gasteiger partial charge on any atom is -0.355 e. The monoisotopic (exact) mass is 248 g/mol. The number of hydrogen-bond acceptors (Lipinski definition) is 4. The average Bonchev–Trinajstić information content (AvgIpc) is 2.52. The number of carbonyl (C=O) groups is 1. The highest BCUT2D eigenvalue weighted by molar-refractivity contribution is 7.91. The second-order valence-corrected chi connectivity index (χ2v) is 6.73. The van der Waals surface area contributed by atoms with Gasteiger partial charge in [-0.1, -0.05) is 13.8 Å². The van der Waals surface area contributed by atoms with E-state index in [4.69, 9.17) is 0 Å². The van der Waals surface area contributed by atoms with Crippen LogP contribution in [0, 0.1) is 5.92 Å². The first-order valence-corrected chi connectivity index (χ1v) is 7.44. The van der Waals surface area contributed by atoms with Crippen LogP contribution in [0.4, 0.5) is 0 Å². The number of sulfone groups is 1. The third kappa shape index (κ3) is 4.49. The van der Waals surface area contributed by atoms with Crippen molar-refractivity contribution in [1.29, 1.82) is 0 Å².